The predicted molar refractivity (Wildman–Crippen MR) is 71.6 cm³/mol. The van der Waals surface area contributed by atoms with E-state index in [0.29, 0.717) is 0 Å². The van der Waals surface area contributed by atoms with Crippen molar-refractivity contribution in [3.8, 4) is 0 Å². The molecular weight excluding hydrogens is 276 g/mol. The van der Waals surface area contributed by atoms with Gasteiger partial charge in [-0.2, -0.15) is 0 Å². The molecule has 0 saturated carbocycles. The van der Waals surface area contributed by atoms with E-state index in [1.165, 1.54) is 27.7 Å². The molecule has 21 heavy (non-hydrogen) atoms. The van der Waals surface area contributed by atoms with Gasteiger partial charge < -0.3 is 0 Å². The number of imidazole rings is 1. The SMILES string of the molecule is CC(=O)c1nc(C(C)=O)c2c(n1)nc(C(C)=O)n2C(C)=O. The number of ketones is 3. The fraction of sp³-hybridized carbons (Fsp3) is 0.308. The van der Waals surface area contributed by atoms with Crippen molar-refractivity contribution < 1.29 is 19.2 Å². The van der Waals surface area contributed by atoms with Crippen molar-refractivity contribution in [1.82, 2.24) is 19.5 Å². The maximum absolute atomic E-state index is 11.8. The third-order valence-electron chi connectivity index (χ3n) is 2.79. The van der Waals surface area contributed by atoms with E-state index >= 15 is 0 Å². The molecule has 0 bridgehead atoms. The van der Waals surface area contributed by atoms with Gasteiger partial charge in [0.2, 0.25) is 5.91 Å². The Kier molecular flexibility index (Phi) is 3.46. The minimum atomic E-state index is -0.496. The molecule has 108 valence electrons. The van der Waals surface area contributed by atoms with E-state index in [4.69, 9.17) is 0 Å². The number of rotatable bonds is 3. The van der Waals surface area contributed by atoms with Gasteiger partial charge in [-0.15, -0.1) is 0 Å². The number of carbonyl (C=O) groups is 4. The van der Waals surface area contributed by atoms with Crippen LogP contribution < -0.4 is 0 Å². The number of aromatic nitrogens is 4. The van der Waals surface area contributed by atoms with Crippen LogP contribution >= 0.6 is 0 Å². The van der Waals surface area contributed by atoms with Crippen molar-refractivity contribution in [3.63, 3.8) is 0 Å². The van der Waals surface area contributed by atoms with Crippen molar-refractivity contribution in [2.45, 2.75) is 27.7 Å². The van der Waals surface area contributed by atoms with Crippen molar-refractivity contribution in [2.75, 3.05) is 0 Å². The van der Waals surface area contributed by atoms with Crippen LogP contribution in [0.15, 0.2) is 0 Å². The van der Waals surface area contributed by atoms with E-state index in [9.17, 15) is 19.2 Å². The summed E-state index contributed by atoms with van der Waals surface area (Å²) in [6.45, 7) is 4.97. The van der Waals surface area contributed by atoms with Crippen molar-refractivity contribution >= 4 is 34.4 Å². The molecule has 0 aliphatic carbocycles. The maximum atomic E-state index is 11.8. The molecule has 0 fully saturated rings. The molecule has 0 amide bonds. The van der Waals surface area contributed by atoms with Gasteiger partial charge in [-0.1, -0.05) is 0 Å². The van der Waals surface area contributed by atoms with E-state index in [2.05, 4.69) is 15.0 Å². The molecule has 0 aromatic carbocycles. The van der Waals surface area contributed by atoms with Gasteiger partial charge in [0.05, 0.1) is 0 Å². The Morgan fingerprint density at radius 2 is 1.43 bits per heavy atom. The zero-order chi connectivity index (χ0) is 15.9. The summed E-state index contributed by atoms with van der Waals surface area (Å²) >= 11 is 0. The van der Waals surface area contributed by atoms with Crippen molar-refractivity contribution in [2.24, 2.45) is 0 Å². The monoisotopic (exact) mass is 288 g/mol. The van der Waals surface area contributed by atoms with E-state index in [1.807, 2.05) is 0 Å². The predicted octanol–water partition coefficient (Wildman–Crippen LogP) is 1.09. The standard InChI is InChI=1S/C13H12N4O4/c1-5(18)9-10-12(15-11(14-9)6(2)19)16-13(7(3)20)17(10)8(4)21/h1-4H3. The molecule has 0 saturated heterocycles. The zero-order valence-electron chi connectivity index (χ0n) is 11.9. The zero-order valence-corrected chi connectivity index (χ0v) is 11.9. The summed E-state index contributed by atoms with van der Waals surface area (Å²) in [6.07, 6.45) is 0. The lowest BCUT2D eigenvalue weighted by Crippen LogP contribution is -2.16. The number of fused-ring (bicyclic) bond motifs is 1. The minimum absolute atomic E-state index is 0.0270. The Labute approximate surface area is 119 Å². The van der Waals surface area contributed by atoms with Gasteiger partial charge in [0, 0.05) is 27.7 Å². The Balaban J connectivity index is 3.02. The first kappa shape index (κ1) is 14.6. The van der Waals surface area contributed by atoms with Gasteiger partial charge in [-0.25, -0.2) is 15.0 Å². The lowest BCUT2D eigenvalue weighted by molar-refractivity contribution is 0.0910. The molecule has 0 unspecified atom stereocenters. The van der Waals surface area contributed by atoms with Crippen molar-refractivity contribution in [1.29, 1.82) is 0 Å². The number of nitrogens with zero attached hydrogens (tertiary/aromatic N) is 4. The molecule has 2 aromatic heterocycles. The third-order valence-corrected chi connectivity index (χ3v) is 2.79. The molecule has 0 aliphatic heterocycles. The number of hydrogen-bond acceptors (Lipinski definition) is 7. The van der Waals surface area contributed by atoms with Gasteiger partial charge in [-0.05, 0) is 0 Å². The highest BCUT2D eigenvalue weighted by molar-refractivity contribution is 6.09. The molecule has 0 atom stereocenters. The highest BCUT2D eigenvalue weighted by Gasteiger charge is 2.25. The molecule has 0 radical (unpaired) electrons. The fourth-order valence-corrected chi connectivity index (χ4v) is 1.93. The molecule has 0 N–H and O–H groups in total. The lowest BCUT2D eigenvalue weighted by atomic mass is 10.2. The number of Topliss-reactive ketones (excluding diaryl/α,β-unsaturated/α-hetero) is 3. The average Bonchev–Trinajstić information content (AvgIpc) is 2.76. The molecule has 0 aliphatic rings. The van der Waals surface area contributed by atoms with Crippen LogP contribution in [0.4, 0.5) is 0 Å². The molecule has 0 spiro atoms. The van der Waals surface area contributed by atoms with Crippen LogP contribution in [0.3, 0.4) is 0 Å². The van der Waals surface area contributed by atoms with Crippen molar-refractivity contribution in [3.05, 3.63) is 17.3 Å². The van der Waals surface area contributed by atoms with Gasteiger partial charge in [-0.3, -0.25) is 23.7 Å². The number of hydrogen-bond donors (Lipinski definition) is 0. The summed E-state index contributed by atoms with van der Waals surface area (Å²) in [7, 11) is 0. The van der Waals surface area contributed by atoms with Crippen LogP contribution in [0.1, 0.15) is 64.2 Å². The van der Waals surface area contributed by atoms with Gasteiger partial charge >= 0.3 is 0 Å². The Hall–Kier alpha value is -2.77. The fourth-order valence-electron chi connectivity index (χ4n) is 1.93. The van der Waals surface area contributed by atoms with Gasteiger partial charge in [0.25, 0.3) is 0 Å². The van der Waals surface area contributed by atoms with Crippen LogP contribution in [0.25, 0.3) is 11.2 Å². The summed E-state index contributed by atoms with van der Waals surface area (Å²) in [5.41, 5.74) is -0.0913. The van der Waals surface area contributed by atoms with E-state index in [-0.39, 0.29) is 28.5 Å². The Morgan fingerprint density at radius 1 is 0.810 bits per heavy atom. The quantitative estimate of drug-likeness (QED) is 0.777. The second kappa shape index (κ2) is 4.97. The van der Waals surface area contributed by atoms with E-state index in [1.54, 1.807) is 0 Å². The minimum Gasteiger partial charge on any atom is -0.293 e. The summed E-state index contributed by atoms with van der Waals surface area (Å²) in [6, 6.07) is 0. The van der Waals surface area contributed by atoms with Crippen LogP contribution in [-0.4, -0.2) is 42.8 Å². The van der Waals surface area contributed by atoms with E-state index < -0.39 is 23.3 Å². The first-order valence-electron chi connectivity index (χ1n) is 6.08. The van der Waals surface area contributed by atoms with E-state index in [0.717, 1.165) is 4.57 Å². The smallest absolute Gasteiger partial charge is 0.229 e. The largest absolute Gasteiger partial charge is 0.293 e. The molecule has 2 aromatic rings. The molecule has 8 nitrogen and oxygen atoms in total. The topological polar surface area (TPSA) is 112 Å². The lowest BCUT2D eigenvalue weighted by Gasteiger charge is -2.05. The molecule has 2 heterocycles. The van der Waals surface area contributed by atoms with Crippen LogP contribution in [-0.2, 0) is 0 Å². The molecular formula is C13H12N4O4. The van der Waals surface area contributed by atoms with Gasteiger partial charge in [0.1, 0.15) is 11.2 Å². The summed E-state index contributed by atoms with van der Waals surface area (Å²) in [4.78, 5) is 58.3. The third kappa shape index (κ3) is 2.35. The average molecular weight is 288 g/mol. The Morgan fingerprint density at radius 3 is 1.86 bits per heavy atom. The van der Waals surface area contributed by atoms with Crippen LogP contribution in [0.5, 0.6) is 0 Å². The van der Waals surface area contributed by atoms with Crippen LogP contribution in [0.2, 0.25) is 0 Å². The maximum Gasteiger partial charge on any atom is 0.229 e. The second-order valence-electron chi connectivity index (χ2n) is 4.53. The Bertz CT molecular complexity index is 819. The highest BCUT2D eigenvalue weighted by Crippen LogP contribution is 2.19. The first-order chi connectivity index (χ1) is 9.73. The molecule has 2 rings (SSSR count). The molecule has 8 heteroatoms. The summed E-state index contributed by atoms with van der Waals surface area (Å²) in [5.74, 6) is -2.18. The van der Waals surface area contributed by atoms with Gasteiger partial charge in [0.15, 0.2) is 34.6 Å². The summed E-state index contributed by atoms with van der Waals surface area (Å²) in [5, 5.41) is 0. The van der Waals surface area contributed by atoms with Crippen LogP contribution in [0, 0.1) is 0 Å². The highest BCUT2D eigenvalue weighted by atomic mass is 16.2. The second-order valence-corrected chi connectivity index (χ2v) is 4.53. The number of carbonyl (C=O) groups excluding carboxylic acids is 4. The normalized spacial score (nSPS) is 10.7. The first-order valence-corrected chi connectivity index (χ1v) is 6.08. The summed E-state index contributed by atoms with van der Waals surface area (Å²) < 4.78 is 0.998.